The van der Waals surface area contributed by atoms with Gasteiger partial charge in [0.25, 0.3) is 0 Å². The molecule has 2 aromatic carbocycles. The molecule has 0 spiro atoms. The smallest absolute Gasteiger partial charge is 0.234 e. The average molecular weight is 489 g/mol. The second kappa shape index (κ2) is 10.6. The van der Waals surface area contributed by atoms with Crippen molar-refractivity contribution in [1.29, 1.82) is 0 Å². The number of hydrogen-bond donors (Lipinski definition) is 1. The van der Waals surface area contributed by atoms with Crippen LogP contribution in [0, 0.1) is 0 Å². The van der Waals surface area contributed by atoms with Crippen LogP contribution in [0.25, 0.3) is 0 Å². The molecule has 0 aliphatic heterocycles. The van der Waals surface area contributed by atoms with Gasteiger partial charge in [0.05, 0.1) is 18.6 Å². The van der Waals surface area contributed by atoms with E-state index in [9.17, 15) is 4.79 Å². The number of ether oxygens (including phenoxy) is 1. The molecule has 1 N–H and O–H groups in total. The van der Waals surface area contributed by atoms with E-state index in [1.54, 1.807) is 54.8 Å². The number of benzene rings is 2. The van der Waals surface area contributed by atoms with Crippen LogP contribution in [0.15, 0.2) is 76.5 Å². The van der Waals surface area contributed by atoms with E-state index in [2.05, 4.69) is 15.5 Å². The first-order chi connectivity index (χ1) is 15.6. The Kier molecular flexibility index (Phi) is 7.36. The molecule has 4 rings (SSSR count). The fourth-order valence-electron chi connectivity index (χ4n) is 2.79. The van der Waals surface area contributed by atoms with Crippen LogP contribution in [0.4, 0.5) is 5.69 Å². The Morgan fingerprint density at radius 3 is 2.44 bits per heavy atom. The molecule has 0 unspecified atom stereocenters. The van der Waals surface area contributed by atoms with Crippen molar-refractivity contribution >= 4 is 46.6 Å². The molecular formula is C22H18Cl2N4O3S. The Hall–Kier alpha value is -2.94. The van der Waals surface area contributed by atoms with E-state index >= 15 is 0 Å². The SMILES string of the molecule is O=C(CSc1nnc(COc2ccc(Cl)cc2)n1Cc1ccco1)Nc1ccc(Cl)cc1. The highest BCUT2D eigenvalue weighted by Gasteiger charge is 2.16. The summed E-state index contributed by atoms with van der Waals surface area (Å²) in [5, 5.41) is 13.2. The number of halogens is 2. The molecular weight excluding hydrogens is 471 g/mol. The lowest BCUT2D eigenvalue weighted by Crippen LogP contribution is -2.15. The van der Waals surface area contributed by atoms with Gasteiger partial charge in [0, 0.05) is 15.7 Å². The third kappa shape index (κ3) is 6.06. The highest BCUT2D eigenvalue weighted by Crippen LogP contribution is 2.22. The fraction of sp³-hybridized carbons (Fsp3) is 0.136. The van der Waals surface area contributed by atoms with Crippen molar-refractivity contribution in [3.8, 4) is 5.75 Å². The highest BCUT2D eigenvalue weighted by atomic mass is 35.5. The third-order valence-electron chi connectivity index (χ3n) is 4.33. The first-order valence-electron chi connectivity index (χ1n) is 9.58. The monoisotopic (exact) mass is 488 g/mol. The van der Waals surface area contributed by atoms with Gasteiger partial charge < -0.3 is 14.5 Å². The summed E-state index contributed by atoms with van der Waals surface area (Å²) >= 11 is 13.1. The van der Waals surface area contributed by atoms with E-state index in [1.807, 2.05) is 16.7 Å². The summed E-state index contributed by atoms with van der Waals surface area (Å²) in [6.45, 7) is 0.618. The molecule has 0 saturated heterocycles. The number of carbonyl (C=O) groups is 1. The minimum absolute atomic E-state index is 0.163. The number of amides is 1. The Labute approximate surface area is 198 Å². The number of furan rings is 1. The summed E-state index contributed by atoms with van der Waals surface area (Å²) in [4.78, 5) is 12.4. The zero-order chi connectivity index (χ0) is 22.3. The molecule has 0 atom stereocenters. The number of aromatic nitrogens is 3. The van der Waals surface area contributed by atoms with E-state index in [-0.39, 0.29) is 18.3 Å². The number of hydrogen-bond acceptors (Lipinski definition) is 6. The largest absolute Gasteiger partial charge is 0.486 e. The van der Waals surface area contributed by atoms with Crippen molar-refractivity contribution in [2.24, 2.45) is 0 Å². The number of carbonyl (C=O) groups excluding carboxylic acids is 1. The third-order valence-corrected chi connectivity index (χ3v) is 5.80. The van der Waals surface area contributed by atoms with Crippen molar-refractivity contribution in [2.75, 3.05) is 11.1 Å². The summed E-state index contributed by atoms with van der Waals surface area (Å²) in [5.74, 6) is 2.01. The molecule has 2 heterocycles. The summed E-state index contributed by atoms with van der Waals surface area (Å²) in [7, 11) is 0. The van der Waals surface area contributed by atoms with Crippen LogP contribution in [0.1, 0.15) is 11.6 Å². The van der Waals surface area contributed by atoms with E-state index in [0.29, 0.717) is 39.0 Å². The molecule has 0 aliphatic carbocycles. The molecule has 0 radical (unpaired) electrons. The predicted molar refractivity (Wildman–Crippen MR) is 124 cm³/mol. The van der Waals surface area contributed by atoms with Crippen molar-refractivity contribution in [1.82, 2.24) is 14.8 Å². The van der Waals surface area contributed by atoms with Crippen LogP contribution in [0.5, 0.6) is 5.75 Å². The zero-order valence-electron chi connectivity index (χ0n) is 16.7. The van der Waals surface area contributed by atoms with Crippen LogP contribution >= 0.6 is 35.0 Å². The van der Waals surface area contributed by atoms with Gasteiger partial charge in [-0.3, -0.25) is 9.36 Å². The lowest BCUT2D eigenvalue weighted by molar-refractivity contribution is -0.113. The van der Waals surface area contributed by atoms with E-state index in [4.69, 9.17) is 32.4 Å². The van der Waals surface area contributed by atoms with Crippen LogP contribution in [0.3, 0.4) is 0 Å². The van der Waals surface area contributed by atoms with Crippen molar-refractivity contribution in [3.63, 3.8) is 0 Å². The van der Waals surface area contributed by atoms with Gasteiger partial charge in [0.15, 0.2) is 11.0 Å². The normalized spacial score (nSPS) is 10.8. The fourth-order valence-corrected chi connectivity index (χ4v) is 3.80. The van der Waals surface area contributed by atoms with Crippen molar-refractivity contribution < 1.29 is 13.9 Å². The zero-order valence-corrected chi connectivity index (χ0v) is 19.0. The first kappa shape index (κ1) is 22.3. The van der Waals surface area contributed by atoms with Gasteiger partial charge in [-0.25, -0.2) is 0 Å². The second-order valence-corrected chi connectivity index (χ2v) is 8.47. The second-order valence-electron chi connectivity index (χ2n) is 6.65. The van der Waals surface area contributed by atoms with Gasteiger partial charge in [-0.15, -0.1) is 10.2 Å². The van der Waals surface area contributed by atoms with Crippen LogP contribution in [-0.2, 0) is 17.9 Å². The summed E-state index contributed by atoms with van der Waals surface area (Å²) < 4.78 is 13.2. The van der Waals surface area contributed by atoms with Crippen molar-refractivity contribution in [2.45, 2.75) is 18.3 Å². The van der Waals surface area contributed by atoms with Crippen LogP contribution < -0.4 is 10.1 Å². The molecule has 0 fully saturated rings. The van der Waals surface area contributed by atoms with Gasteiger partial charge in [-0.1, -0.05) is 35.0 Å². The topological polar surface area (TPSA) is 82.2 Å². The van der Waals surface area contributed by atoms with Gasteiger partial charge in [0.1, 0.15) is 18.1 Å². The molecule has 0 bridgehead atoms. The van der Waals surface area contributed by atoms with Gasteiger partial charge in [-0.05, 0) is 60.7 Å². The number of thioether (sulfide) groups is 1. The standard InChI is InChI=1S/C22H18Cl2N4O3S/c23-15-3-7-17(8-4-15)25-21(29)14-32-22-27-26-20(28(22)12-19-2-1-11-30-19)13-31-18-9-5-16(24)6-10-18/h1-11H,12-14H2,(H,25,29). The number of rotatable bonds is 9. The first-order valence-corrected chi connectivity index (χ1v) is 11.3. The number of anilines is 1. The van der Waals surface area contributed by atoms with Gasteiger partial charge in [-0.2, -0.15) is 0 Å². The minimum atomic E-state index is -0.163. The Morgan fingerprint density at radius 2 is 1.75 bits per heavy atom. The maximum Gasteiger partial charge on any atom is 0.234 e. The van der Waals surface area contributed by atoms with Crippen molar-refractivity contribution in [3.05, 3.63) is 88.6 Å². The molecule has 164 valence electrons. The average Bonchev–Trinajstić information content (AvgIpc) is 3.44. The Balaban J connectivity index is 1.43. The van der Waals surface area contributed by atoms with E-state index in [0.717, 1.165) is 5.76 Å². The molecule has 10 heteroatoms. The molecule has 1 amide bonds. The lowest BCUT2D eigenvalue weighted by Gasteiger charge is -2.10. The molecule has 0 aliphatic rings. The predicted octanol–water partition coefficient (Wildman–Crippen LogP) is 5.54. The summed E-state index contributed by atoms with van der Waals surface area (Å²) in [6, 6.07) is 17.7. The van der Waals surface area contributed by atoms with E-state index in [1.165, 1.54) is 11.8 Å². The maximum atomic E-state index is 12.4. The summed E-state index contributed by atoms with van der Waals surface area (Å²) in [5.41, 5.74) is 0.675. The quantitative estimate of drug-likeness (QED) is 0.311. The molecule has 4 aromatic rings. The molecule has 0 saturated carbocycles. The molecule has 2 aromatic heterocycles. The highest BCUT2D eigenvalue weighted by molar-refractivity contribution is 7.99. The number of nitrogens with zero attached hydrogens (tertiary/aromatic N) is 3. The van der Waals surface area contributed by atoms with Gasteiger partial charge >= 0.3 is 0 Å². The Bertz CT molecular complexity index is 1160. The van der Waals surface area contributed by atoms with Crippen LogP contribution in [0.2, 0.25) is 10.0 Å². The minimum Gasteiger partial charge on any atom is -0.486 e. The molecule has 32 heavy (non-hydrogen) atoms. The molecule has 7 nitrogen and oxygen atoms in total. The summed E-state index contributed by atoms with van der Waals surface area (Å²) in [6.07, 6.45) is 1.61. The lowest BCUT2D eigenvalue weighted by atomic mass is 10.3. The van der Waals surface area contributed by atoms with Crippen LogP contribution in [-0.4, -0.2) is 26.4 Å². The number of nitrogens with one attached hydrogen (secondary N) is 1. The maximum absolute atomic E-state index is 12.4. The Morgan fingerprint density at radius 1 is 1.03 bits per heavy atom. The van der Waals surface area contributed by atoms with Gasteiger partial charge in [0.2, 0.25) is 5.91 Å². The van der Waals surface area contributed by atoms with E-state index < -0.39 is 0 Å².